The van der Waals surface area contributed by atoms with Crippen LogP contribution in [0.4, 0.5) is 23.0 Å². The minimum atomic E-state index is -1.02. The molecule has 4 N–H and O–H groups in total. The molecule has 17 heteroatoms. The number of imide groups is 2. The number of rotatable bonds is 15. The fraction of sp³-hybridized carbons (Fsp3) is 0.357. The Labute approximate surface area is 340 Å². The molecule has 0 aliphatic carbocycles. The first kappa shape index (κ1) is 38.9. The second-order valence-electron chi connectivity index (χ2n) is 14.8. The molecule has 6 heterocycles. The third-order valence-electron chi connectivity index (χ3n) is 10.9. The Kier molecular flexibility index (Phi) is 11.4. The lowest BCUT2D eigenvalue weighted by Crippen LogP contribution is -2.54. The molecule has 0 bridgehead atoms. The van der Waals surface area contributed by atoms with E-state index < -0.39 is 29.7 Å². The van der Waals surface area contributed by atoms with Gasteiger partial charge in [0.2, 0.25) is 17.7 Å². The normalized spacial score (nSPS) is 16.7. The molecule has 3 aliphatic rings. The fourth-order valence-corrected chi connectivity index (χ4v) is 7.78. The maximum atomic E-state index is 13.3. The third kappa shape index (κ3) is 8.54. The SMILES string of the molecule is Nc1cncc(-c2cn3ccnc3c(Nc3ccc(N4CCN(C(=O)CCCCCCCCOc5cccc6c5C(=O)N(C5CCC(=O)NC5=O)C6=O)CC4)cc3)n2)n1. The van der Waals surface area contributed by atoms with Crippen molar-refractivity contribution in [2.24, 2.45) is 0 Å². The highest BCUT2D eigenvalue weighted by Crippen LogP contribution is 2.34. The van der Waals surface area contributed by atoms with Crippen LogP contribution in [0.2, 0.25) is 0 Å². The maximum absolute atomic E-state index is 13.3. The Morgan fingerprint density at radius 2 is 1.66 bits per heavy atom. The number of nitrogens with zero attached hydrogens (tertiary/aromatic N) is 8. The highest BCUT2D eigenvalue weighted by atomic mass is 16.5. The summed E-state index contributed by atoms with van der Waals surface area (Å²) < 4.78 is 7.82. The van der Waals surface area contributed by atoms with E-state index in [9.17, 15) is 24.0 Å². The van der Waals surface area contributed by atoms with Gasteiger partial charge in [0.15, 0.2) is 11.5 Å². The van der Waals surface area contributed by atoms with E-state index in [1.54, 1.807) is 30.6 Å². The monoisotopic (exact) mass is 799 g/mol. The molecule has 1 unspecified atom stereocenters. The van der Waals surface area contributed by atoms with Crippen LogP contribution >= 0.6 is 0 Å². The van der Waals surface area contributed by atoms with E-state index in [1.165, 1.54) is 6.20 Å². The summed E-state index contributed by atoms with van der Waals surface area (Å²) in [5, 5.41) is 5.60. The molecule has 3 aromatic heterocycles. The Hall–Kier alpha value is -6.91. The van der Waals surface area contributed by atoms with Crippen molar-refractivity contribution < 1.29 is 28.7 Å². The number of piperazine rings is 1. The van der Waals surface area contributed by atoms with Crippen LogP contribution in [0.25, 0.3) is 17.0 Å². The predicted molar refractivity (Wildman–Crippen MR) is 218 cm³/mol. The van der Waals surface area contributed by atoms with E-state index in [0.717, 1.165) is 67.9 Å². The number of nitrogen functional groups attached to an aromatic ring is 1. The lowest BCUT2D eigenvalue weighted by Gasteiger charge is -2.36. The average molecular weight is 800 g/mol. The predicted octanol–water partition coefficient (Wildman–Crippen LogP) is 4.37. The summed E-state index contributed by atoms with van der Waals surface area (Å²) in [7, 11) is 0. The van der Waals surface area contributed by atoms with Crippen LogP contribution in [0, 0.1) is 0 Å². The van der Waals surface area contributed by atoms with Crippen LogP contribution < -0.4 is 26.0 Å². The summed E-state index contributed by atoms with van der Waals surface area (Å²) in [6, 6.07) is 12.0. The summed E-state index contributed by atoms with van der Waals surface area (Å²) in [6.07, 6.45) is 14.7. The molecule has 3 aliphatic heterocycles. The molecule has 0 spiro atoms. The van der Waals surface area contributed by atoms with Gasteiger partial charge < -0.3 is 30.0 Å². The van der Waals surface area contributed by atoms with Crippen molar-refractivity contribution in [3.63, 3.8) is 0 Å². The second-order valence-corrected chi connectivity index (χ2v) is 14.8. The van der Waals surface area contributed by atoms with Crippen LogP contribution in [0.5, 0.6) is 5.75 Å². The summed E-state index contributed by atoms with van der Waals surface area (Å²) in [5.74, 6) is -0.775. The molecule has 2 saturated heterocycles. The molecule has 2 aromatic carbocycles. The van der Waals surface area contributed by atoms with Gasteiger partial charge in [-0.15, -0.1) is 0 Å². The van der Waals surface area contributed by atoms with E-state index in [-0.39, 0.29) is 29.9 Å². The molecule has 5 amide bonds. The Morgan fingerprint density at radius 1 is 0.881 bits per heavy atom. The number of nitrogens with one attached hydrogen (secondary N) is 2. The number of imidazole rings is 1. The van der Waals surface area contributed by atoms with E-state index >= 15 is 0 Å². The first-order chi connectivity index (χ1) is 28.7. The zero-order chi connectivity index (χ0) is 40.9. The summed E-state index contributed by atoms with van der Waals surface area (Å²) in [5.41, 5.74) is 10.0. The van der Waals surface area contributed by atoms with Gasteiger partial charge >= 0.3 is 0 Å². The molecule has 0 radical (unpaired) electrons. The van der Waals surface area contributed by atoms with Gasteiger partial charge in [-0.05, 0) is 55.7 Å². The number of hydrogen-bond acceptors (Lipinski definition) is 13. The van der Waals surface area contributed by atoms with Crippen molar-refractivity contribution >= 4 is 58.2 Å². The minimum absolute atomic E-state index is 0.0651. The number of unbranched alkanes of at least 4 members (excludes halogenated alkanes) is 5. The Bertz CT molecular complexity index is 2390. The number of piperidine rings is 1. The second kappa shape index (κ2) is 17.3. The van der Waals surface area contributed by atoms with Crippen molar-refractivity contribution in [1.29, 1.82) is 0 Å². The summed E-state index contributed by atoms with van der Waals surface area (Å²) >= 11 is 0. The van der Waals surface area contributed by atoms with Crippen molar-refractivity contribution in [3.05, 3.63) is 84.6 Å². The Balaban J connectivity index is 0.723. The molecule has 0 saturated carbocycles. The number of fused-ring (bicyclic) bond motifs is 2. The highest BCUT2D eigenvalue weighted by Gasteiger charge is 2.46. The molecule has 5 aromatic rings. The molecule has 59 heavy (non-hydrogen) atoms. The topological polar surface area (TPSA) is 210 Å². The molecule has 17 nitrogen and oxygen atoms in total. The summed E-state index contributed by atoms with van der Waals surface area (Å²) in [4.78, 5) is 86.2. The van der Waals surface area contributed by atoms with Gasteiger partial charge in [-0.2, -0.15) is 0 Å². The fourth-order valence-electron chi connectivity index (χ4n) is 7.78. The number of carbonyl (C=O) groups is 5. The zero-order valence-corrected chi connectivity index (χ0v) is 32.5. The molecular formula is C42H45N11O6. The number of ether oxygens (including phenoxy) is 1. The number of amides is 5. The van der Waals surface area contributed by atoms with Crippen LogP contribution in [0.3, 0.4) is 0 Å². The van der Waals surface area contributed by atoms with Crippen molar-refractivity contribution in [1.82, 2.24) is 39.5 Å². The maximum Gasteiger partial charge on any atom is 0.266 e. The third-order valence-corrected chi connectivity index (χ3v) is 10.9. The first-order valence-corrected chi connectivity index (χ1v) is 20.0. The van der Waals surface area contributed by atoms with Crippen molar-refractivity contribution in [2.45, 2.75) is 63.8 Å². The number of carbonyl (C=O) groups excluding carboxylic acids is 5. The number of benzene rings is 2. The van der Waals surface area contributed by atoms with Crippen molar-refractivity contribution in [3.8, 4) is 17.1 Å². The van der Waals surface area contributed by atoms with E-state index in [2.05, 4.69) is 42.6 Å². The average Bonchev–Trinajstić information content (AvgIpc) is 3.83. The van der Waals surface area contributed by atoms with Crippen LogP contribution in [0.1, 0.15) is 78.5 Å². The van der Waals surface area contributed by atoms with Gasteiger partial charge in [-0.3, -0.25) is 39.2 Å². The molecule has 2 fully saturated rings. The molecule has 1 atom stereocenters. The van der Waals surface area contributed by atoms with Crippen LogP contribution in [0.15, 0.2) is 73.4 Å². The molecule has 8 rings (SSSR count). The minimum Gasteiger partial charge on any atom is -0.493 e. The van der Waals surface area contributed by atoms with Crippen molar-refractivity contribution in [2.75, 3.05) is 48.7 Å². The van der Waals surface area contributed by atoms with Gasteiger partial charge in [0.1, 0.15) is 29.0 Å². The van der Waals surface area contributed by atoms with Crippen LogP contribution in [-0.4, -0.2) is 103 Å². The lowest BCUT2D eigenvalue weighted by atomic mass is 10.0. The first-order valence-electron chi connectivity index (χ1n) is 20.0. The number of nitrogens with two attached hydrogens (primary N) is 1. The quantitative estimate of drug-likeness (QED) is 0.0994. The van der Waals surface area contributed by atoms with Crippen LogP contribution in [-0.2, 0) is 14.4 Å². The number of anilines is 4. The number of hydrogen-bond donors (Lipinski definition) is 3. The zero-order valence-electron chi connectivity index (χ0n) is 32.5. The van der Waals surface area contributed by atoms with E-state index in [1.807, 2.05) is 33.8 Å². The van der Waals surface area contributed by atoms with Gasteiger partial charge in [0.05, 0.1) is 30.1 Å². The van der Waals surface area contributed by atoms with Gasteiger partial charge in [-0.25, -0.2) is 15.0 Å². The Morgan fingerprint density at radius 3 is 2.44 bits per heavy atom. The molecule has 304 valence electrons. The van der Waals surface area contributed by atoms with Gasteiger partial charge in [0, 0.05) is 69.0 Å². The summed E-state index contributed by atoms with van der Waals surface area (Å²) in [6.45, 7) is 3.26. The van der Waals surface area contributed by atoms with E-state index in [4.69, 9.17) is 15.5 Å². The molecular weight excluding hydrogens is 755 g/mol. The largest absolute Gasteiger partial charge is 0.493 e. The number of aromatic nitrogens is 5. The van der Waals surface area contributed by atoms with Gasteiger partial charge in [0.25, 0.3) is 11.8 Å². The lowest BCUT2D eigenvalue weighted by molar-refractivity contribution is -0.136. The van der Waals surface area contributed by atoms with Gasteiger partial charge in [-0.1, -0.05) is 31.7 Å². The van der Waals surface area contributed by atoms with E-state index in [0.29, 0.717) is 60.5 Å². The highest BCUT2D eigenvalue weighted by molar-refractivity contribution is 6.24. The smallest absolute Gasteiger partial charge is 0.266 e. The standard InChI is InChI=1S/C42H45N11O6/c43-34-25-44-24-30(47-34)31-26-52-18-17-45-39(52)38(48-31)46-27-11-13-28(14-12-27)50-19-21-51(22-20-50)36(55)10-5-3-1-2-4-6-23-59-33-9-7-8-29-37(33)42(58)53(41(29)57)32-15-16-35(54)49-40(32)56/h7-9,11-14,17-18,24-26,32H,1-6,10,15-16,19-23H2,(H2,43,47)(H,46,48)(H,49,54,56).